The smallest absolute Gasteiger partial charge is 0.0250 e. The molecule has 1 saturated heterocycles. The number of hydrogen-bond donors (Lipinski definition) is 2. The van der Waals surface area contributed by atoms with Crippen LogP contribution in [0.3, 0.4) is 0 Å². The van der Waals surface area contributed by atoms with Crippen molar-refractivity contribution in [2.45, 2.75) is 38.8 Å². The lowest BCUT2D eigenvalue weighted by atomic mass is 9.95. The van der Waals surface area contributed by atoms with Crippen LogP contribution in [0.15, 0.2) is 0 Å². The minimum absolute atomic E-state index is 0.273. The summed E-state index contributed by atoms with van der Waals surface area (Å²) < 4.78 is 0. The molecule has 2 heteroatoms. The van der Waals surface area contributed by atoms with E-state index >= 15 is 0 Å². The zero-order chi connectivity index (χ0) is 7.83. The summed E-state index contributed by atoms with van der Waals surface area (Å²) in [5, 5.41) is 6.97. The molecule has 0 spiro atoms. The molecule has 60 valence electrons. The highest BCUT2D eigenvalue weighted by molar-refractivity contribution is 4.94. The van der Waals surface area contributed by atoms with Gasteiger partial charge in [0.1, 0.15) is 0 Å². The molecule has 0 aromatic heterocycles. The van der Waals surface area contributed by atoms with Crippen molar-refractivity contribution in [3.8, 4) is 0 Å². The van der Waals surface area contributed by atoms with E-state index in [4.69, 9.17) is 0 Å². The molecule has 0 aromatic rings. The zero-order valence-electron chi connectivity index (χ0n) is 7.41. The Bertz CT molecular complexity index is 99.2. The molecular formula is C8H18N2. The Hall–Kier alpha value is -0.0800. The van der Waals surface area contributed by atoms with Gasteiger partial charge in [-0.1, -0.05) is 0 Å². The Morgan fingerprint density at radius 3 is 1.30 bits per heavy atom. The minimum atomic E-state index is 0.273. The van der Waals surface area contributed by atoms with Gasteiger partial charge in [-0.25, -0.2) is 0 Å². The van der Waals surface area contributed by atoms with Gasteiger partial charge in [-0.15, -0.1) is 0 Å². The van der Waals surface area contributed by atoms with E-state index in [9.17, 15) is 0 Å². The van der Waals surface area contributed by atoms with Crippen LogP contribution in [-0.2, 0) is 0 Å². The van der Waals surface area contributed by atoms with Crippen molar-refractivity contribution in [2.24, 2.45) is 0 Å². The maximum atomic E-state index is 3.49. The van der Waals surface area contributed by atoms with E-state index in [0.717, 1.165) is 13.1 Å². The highest BCUT2D eigenvalue weighted by Gasteiger charge is 2.29. The molecule has 1 rings (SSSR count). The summed E-state index contributed by atoms with van der Waals surface area (Å²) in [5.41, 5.74) is 0.547. The predicted octanol–water partition coefficient (Wildman–Crippen LogP) is 0.736. The molecule has 0 aromatic carbocycles. The van der Waals surface area contributed by atoms with Crippen LogP contribution in [0.25, 0.3) is 0 Å². The van der Waals surface area contributed by atoms with Crippen molar-refractivity contribution in [2.75, 3.05) is 13.1 Å². The van der Waals surface area contributed by atoms with Gasteiger partial charge in [0.05, 0.1) is 0 Å². The zero-order valence-corrected chi connectivity index (χ0v) is 7.41. The topological polar surface area (TPSA) is 24.1 Å². The van der Waals surface area contributed by atoms with E-state index < -0.39 is 0 Å². The molecule has 0 saturated carbocycles. The van der Waals surface area contributed by atoms with Crippen molar-refractivity contribution >= 4 is 0 Å². The highest BCUT2D eigenvalue weighted by atomic mass is 15.1. The molecule has 0 amide bonds. The van der Waals surface area contributed by atoms with Gasteiger partial charge in [-0.05, 0) is 27.7 Å². The summed E-state index contributed by atoms with van der Waals surface area (Å²) in [6.45, 7) is 11.0. The maximum Gasteiger partial charge on any atom is 0.0250 e. The van der Waals surface area contributed by atoms with E-state index in [-0.39, 0.29) is 11.1 Å². The minimum Gasteiger partial charge on any atom is -0.309 e. The Kier molecular flexibility index (Phi) is 1.77. The fourth-order valence-corrected chi connectivity index (χ4v) is 1.05. The van der Waals surface area contributed by atoms with Gasteiger partial charge < -0.3 is 10.6 Å². The molecule has 2 nitrogen and oxygen atoms in total. The molecule has 0 unspecified atom stereocenters. The molecule has 10 heavy (non-hydrogen) atoms. The normalized spacial score (nSPS) is 30.0. The third-order valence-corrected chi connectivity index (χ3v) is 2.02. The number of nitrogens with one attached hydrogen (secondary N) is 2. The van der Waals surface area contributed by atoms with Gasteiger partial charge in [0.2, 0.25) is 0 Å². The molecule has 0 radical (unpaired) electrons. The third kappa shape index (κ3) is 1.96. The second kappa shape index (κ2) is 2.21. The molecule has 0 bridgehead atoms. The van der Waals surface area contributed by atoms with Gasteiger partial charge in [0, 0.05) is 24.2 Å². The molecule has 1 fully saturated rings. The first-order valence-corrected chi connectivity index (χ1v) is 3.91. The predicted molar refractivity (Wildman–Crippen MR) is 44.2 cm³/mol. The van der Waals surface area contributed by atoms with E-state index in [1.165, 1.54) is 0 Å². The molecule has 1 heterocycles. The fraction of sp³-hybridized carbons (Fsp3) is 1.00. The van der Waals surface area contributed by atoms with Crippen molar-refractivity contribution in [3.05, 3.63) is 0 Å². The van der Waals surface area contributed by atoms with Crippen molar-refractivity contribution in [3.63, 3.8) is 0 Å². The van der Waals surface area contributed by atoms with Crippen LogP contribution in [0, 0.1) is 0 Å². The van der Waals surface area contributed by atoms with Crippen LogP contribution >= 0.6 is 0 Å². The van der Waals surface area contributed by atoms with Crippen molar-refractivity contribution in [1.82, 2.24) is 10.6 Å². The van der Waals surface area contributed by atoms with E-state index in [2.05, 4.69) is 38.3 Å². The molecular weight excluding hydrogens is 124 g/mol. The van der Waals surface area contributed by atoms with Crippen LogP contribution in [-0.4, -0.2) is 24.2 Å². The summed E-state index contributed by atoms with van der Waals surface area (Å²) in [7, 11) is 0. The largest absolute Gasteiger partial charge is 0.309 e. The van der Waals surface area contributed by atoms with Gasteiger partial charge in [-0.2, -0.15) is 0 Å². The van der Waals surface area contributed by atoms with Crippen LogP contribution < -0.4 is 10.6 Å². The molecule has 2 N–H and O–H groups in total. The second-order valence-corrected chi connectivity index (χ2v) is 4.47. The highest BCUT2D eigenvalue weighted by Crippen LogP contribution is 2.11. The Morgan fingerprint density at radius 2 is 1.10 bits per heavy atom. The lowest BCUT2D eigenvalue weighted by Gasteiger charge is -2.41. The lowest BCUT2D eigenvalue weighted by molar-refractivity contribution is 0.218. The number of rotatable bonds is 0. The quantitative estimate of drug-likeness (QED) is 0.521. The molecule has 0 atom stereocenters. The summed E-state index contributed by atoms with van der Waals surface area (Å²) in [6.07, 6.45) is 0. The summed E-state index contributed by atoms with van der Waals surface area (Å²) in [4.78, 5) is 0. The van der Waals surface area contributed by atoms with Crippen molar-refractivity contribution < 1.29 is 0 Å². The lowest BCUT2D eigenvalue weighted by Crippen LogP contribution is -2.64. The van der Waals surface area contributed by atoms with Gasteiger partial charge in [-0.3, -0.25) is 0 Å². The van der Waals surface area contributed by atoms with E-state index in [1.54, 1.807) is 0 Å². The van der Waals surface area contributed by atoms with Gasteiger partial charge >= 0.3 is 0 Å². The average molecular weight is 142 g/mol. The molecule has 1 aliphatic heterocycles. The maximum absolute atomic E-state index is 3.49. The Morgan fingerprint density at radius 1 is 0.800 bits per heavy atom. The van der Waals surface area contributed by atoms with Crippen LogP contribution in [0.5, 0.6) is 0 Å². The van der Waals surface area contributed by atoms with E-state index in [1.807, 2.05) is 0 Å². The first-order chi connectivity index (χ1) is 4.41. The number of hydrogen-bond acceptors (Lipinski definition) is 2. The first kappa shape index (κ1) is 8.02. The summed E-state index contributed by atoms with van der Waals surface area (Å²) in [6, 6.07) is 0. The SMILES string of the molecule is CC1(C)CNC(C)(C)CN1. The Labute approximate surface area is 63.4 Å². The average Bonchev–Trinajstić information content (AvgIpc) is 1.79. The van der Waals surface area contributed by atoms with Crippen LogP contribution in [0.1, 0.15) is 27.7 Å². The standard InChI is InChI=1S/C8H18N2/c1-7(2)5-10-8(3,4)6-9-7/h9-10H,5-6H2,1-4H3. The van der Waals surface area contributed by atoms with E-state index in [0.29, 0.717) is 0 Å². The molecule has 0 aliphatic carbocycles. The third-order valence-electron chi connectivity index (χ3n) is 2.02. The van der Waals surface area contributed by atoms with Crippen LogP contribution in [0.4, 0.5) is 0 Å². The summed E-state index contributed by atoms with van der Waals surface area (Å²) in [5.74, 6) is 0. The molecule has 1 aliphatic rings. The fourth-order valence-electron chi connectivity index (χ4n) is 1.05. The first-order valence-electron chi connectivity index (χ1n) is 3.91. The van der Waals surface area contributed by atoms with Gasteiger partial charge in [0.15, 0.2) is 0 Å². The van der Waals surface area contributed by atoms with Crippen molar-refractivity contribution in [1.29, 1.82) is 0 Å². The van der Waals surface area contributed by atoms with Crippen LogP contribution in [0.2, 0.25) is 0 Å². The monoisotopic (exact) mass is 142 g/mol. The summed E-state index contributed by atoms with van der Waals surface area (Å²) >= 11 is 0. The Balaban J connectivity index is 2.46. The number of piperazine rings is 1. The second-order valence-electron chi connectivity index (χ2n) is 4.47. The van der Waals surface area contributed by atoms with Gasteiger partial charge in [0.25, 0.3) is 0 Å².